The number of esters is 2. The van der Waals surface area contributed by atoms with Crippen molar-refractivity contribution >= 4 is 19.8 Å². The maximum Gasteiger partial charge on any atom is 0.472 e. The molecule has 50 heavy (non-hydrogen) atoms. The maximum atomic E-state index is 12.5. The molecule has 9 heteroatoms. The van der Waals surface area contributed by atoms with E-state index in [0.29, 0.717) is 12.8 Å². The third kappa shape index (κ3) is 36.6. The van der Waals surface area contributed by atoms with Gasteiger partial charge in [-0.25, -0.2) is 4.57 Å². The number of allylic oxidation sites excluding steroid dienone is 2. The number of hydrogen-bond acceptors (Lipinski definition) is 7. The smallest absolute Gasteiger partial charge is 0.462 e. The van der Waals surface area contributed by atoms with Crippen LogP contribution in [0.2, 0.25) is 0 Å². The van der Waals surface area contributed by atoms with E-state index in [1.807, 2.05) is 0 Å². The average Bonchev–Trinajstić information content (AvgIpc) is 3.09. The third-order valence-electron chi connectivity index (χ3n) is 9.07. The Bertz CT molecular complexity index is 833. The standard InChI is InChI=1S/C41H79O8P/c1-4-7-9-11-13-15-17-19-21-23-25-27-29-31-33-35-40(42)46-37-39(38-48-50(44,45)47-6-3)49-41(43)36-34-32-30-28-26-24-22-20-18-16-14-12-10-8-5-2/h20,22,39H,4-19,21,23-38H2,1-3H3,(H,44,45)/b22-20-/t39-/m1/s1. The molecule has 0 spiro atoms. The van der Waals surface area contributed by atoms with E-state index in [2.05, 4.69) is 26.0 Å². The fraction of sp³-hybridized carbons (Fsp3) is 0.902. The molecule has 0 aliphatic heterocycles. The lowest BCUT2D eigenvalue weighted by Gasteiger charge is -2.19. The monoisotopic (exact) mass is 731 g/mol. The molecular formula is C41H79O8P. The Hall–Kier alpha value is -1.21. The van der Waals surface area contributed by atoms with Gasteiger partial charge < -0.3 is 14.4 Å². The van der Waals surface area contributed by atoms with Crippen molar-refractivity contribution in [1.29, 1.82) is 0 Å². The molecule has 0 aromatic carbocycles. The molecule has 0 radical (unpaired) electrons. The Labute approximate surface area is 308 Å². The van der Waals surface area contributed by atoms with Crippen molar-refractivity contribution in [3.05, 3.63) is 12.2 Å². The highest BCUT2D eigenvalue weighted by atomic mass is 31.2. The number of rotatable bonds is 39. The van der Waals surface area contributed by atoms with Crippen molar-refractivity contribution in [3.8, 4) is 0 Å². The van der Waals surface area contributed by atoms with Crippen LogP contribution in [-0.2, 0) is 32.7 Å². The fourth-order valence-electron chi connectivity index (χ4n) is 5.98. The van der Waals surface area contributed by atoms with E-state index in [9.17, 15) is 19.0 Å². The predicted molar refractivity (Wildman–Crippen MR) is 207 cm³/mol. The molecule has 8 nitrogen and oxygen atoms in total. The van der Waals surface area contributed by atoms with Gasteiger partial charge in [0.15, 0.2) is 6.10 Å². The van der Waals surface area contributed by atoms with Gasteiger partial charge in [0.05, 0.1) is 13.2 Å². The third-order valence-corrected chi connectivity index (χ3v) is 10.1. The Morgan fingerprint density at radius 2 is 0.900 bits per heavy atom. The van der Waals surface area contributed by atoms with Crippen molar-refractivity contribution in [1.82, 2.24) is 0 Å². The second-order valence-electron chi connectivity index (χ2n) is 14.0. The summed E-state index contributed by atoms with van der Waals surface area (Å²) in [6.07, 6.45) is 38.3. The first-order valence-electron chi connectivity index (χ1n) is 21.0. The lowest BCUT2D eigenvalue weighted by atomic mass is 10.0. The second kappa shape index (κ2) is 37.5. The van der Waals surface area contributed by atoms with Crippen molar-refractivity contribution in [2.75, 3.05) is 19.8 Å². The SMILES string of the molecule is CCCCCCCC/C=C\CCCCCCCC(=O)O[C@H](COC(=O)CCCCCCCCCCCCCCCCC)COP(=O)(O)OCC. The molecule has 1 N–H and O–H groups in total. The summed E-state index contributed by atoms with van der Waals surface area (Å²) in [5.41, 5.74) is 0. The molecule has 0 amide bonds. The Kier molecular flexibility index (Phi) is 36.6. The number of ether oxygens (including phenoxy) is 2. The molecule has 0 saturated carbocycles. The van der Waals surface area contributed by atoms with E-state index in [4.69, 9.17) is 18.5 Å². The summed E-state index contributed by atoms with van der Waals surface area (Å²) in [5, 5.41) is 0. The maximum absolute atomic E-state index is 12.5. The topological polar surface area (TPSA) is 108 Å². The molecule has 0 aromatic heterocycles. The van der Waals surface area contributed by atoms with Gasteiger partial charge >= 0.3 is 19.8 Å². The van der Waals surface area contributed by atoms with Crippen LogP contribution in [0.4, 0.5) is 0 Å². The highest BCUT2D eigenvalue weighted by Gasteiger charge is 2.25. The largest absolute Gasteiger partial charge is 0.472 e. The summed E-state index contributed by atoms with van der Waals surface area (Å²) in [7, 11) is -4.27. The molecule has 0 heterocycles. The van der Waals surface area contributed by atoms with Gasteiger partial charge in [-0.1, -0.05) is 167 Å². The van der Waals surface area contributed by atoms with E-state index in [0.717, 1.165) is 51.4 Å². The fourth-order valence-corrected chi connectivity index (χ4v) is 6.73. The van der Waals surface area contributed by atoms with Gasteiger partial charge in [-0.05, 0) is 45.4 Å². The Morgan fingerprint density at radius 3 is 1.32 bits per heavy atom. The summed E-state index contributed by atoms with van der Waals surface area (Å²) in [4.78, 5) is 34.7. The number of hydrogen-bond donors (Lipinski definition) is 1. The lowest BCUT2D eigenvalue weighted by molar-refractivity contribution is -0.161. The molecule has 296 valence electrons. The van der Waals surface area contributed by atoms with Crippen LogP contribution in [0.3, 0.4) is 0 Å². The van der Waals surface area contributed by atoms with Crippen molar-refractivity contribution in [2.24, 2.45) is 0 Å². The number of unbranched alkanes of at least 4 members (excludes halogenated alkanes) is 25. The van der Waals surface area contributed by atoms with E-state index in [1.54, 1.807) is 6.92 Å². The average molecular weight is 731 g/mol. The zero-order chi connectivity index (χ0) is 36.8. The molecular weight excluding hydrogens is 651 g/mol. The van der Waals surface area contributed by atoms with Gasteiger partial charge in [0.1, 0.15) is 6.61 Å². The van der Waals surface area contributed by atoms with Gasteiger partial charge in [-0.3, -0.25) is 18.6 Å². The van der Waals surface area contributed by atoms with Crippen LogP contribution in [0.5, 0.6) is 0 Å². The highest BCUT2D eigenvalue weighted by molar-refractivity contribution is 7.47. The number of carbonyl (C=O) groups is 2. The highest BCUT2D eigenvalue weighted by Crippen LogP contribution is 2.43. The van der Waals surface area contributed by atoms with E-state index >= 15 is 0 Å². The van der Waals surface area contributed by atoms with E-state index < -0.39 is 26.5 Å². The number of phosphoric acid groups is 1. The minimum absolute atomic E-state index is 0.00194. The molecule has 2 atom stereocenters. The minimum Gasteiger partial charge on any atom is -0.462 e. The molecule has 0 saturated heterocycles. The van der Waals surface area contributed by atoms with Crippen LogP contribution < -0.4 is 0 Å². The molecule has 0 rings (SSSR count). The zero-order valence-corrected chi connectivity index (χ0v) is 33.7. The Morgan fingerprint density at radius 1 is 0.520 bits per heavy atom. The summed E-state index contributed by atoms with van der Waals surface area (Å²) in [5.74, 6) is -0.797. The van der Waals surface area contributed by atoms with Crippen LogP contribution in [0, 0.1) is 0 Å². The quantitative estimate of drug-likeness (QED) is 0.0288. The predicted octanol–water partition coefficient (Wildman–Crippen LogP) is 12.9. The Balaban J connectivity index is 4.09. The summed E-state index contributed by atoms with van der Waals surface area (Å²) >= 11 is 0. The summed E-state index contributed by atoms with van der Waals surface area (Å²) in [6.45, 7) is 5.48. The second-order valence-corrected chi connectivity index (χ2v) is 15.5. The van der Waals surface area contributed by atoms with Crippen molar-refractivity contribution in [2.45, 2.75) is 219 Å². The van der Waals surface area contributed by atoms with Crippen LogP contribution in [0.15, 0.2) is 12.2 Å². The molecule has 0 aliphatic rings. The number of phosphoric ester groups is 1. The number of carbonyl (C=O) groups excluding carboxylic acids is 2. The van der Waals surface area contributed by atoms with Crippen molar-refractivity contribution in [3.63, 3.8) is 0 Å². The van der Waals surface area contributed by atoms with E-state index in [1.165, 1.54) is 122 Å². The molecule has 0 aliphatic carbocycles. The lowest BCUT2D eigenvalue weighted by Crippen LogP contribution is -2.29. The van der Waals surface area contributed by atoms with Crippen molar-refractivity contribution < 1.29 is 37.6 Å². The van der Waals surface area contributed by atoms with Gasteiger partial charge in [0, 0.05) is 12.8 Å². The zero-order valence-electron chi connectivity index (χ0n) is 32.8. The first-order chi connectivity index (χ1) is 24.3. The van der Waals surface area contributed by atoms with Crippen LogP contribution >= 0.6 is 7.82 Å². The van der Waals surface area contributed by atoms with Gasteiger partial charge in [0.2, 0.25) is 0 Å². The summed E-state index contributed by atoms with van der Waals surface area (Å²) < 4.78 is 32.6. The molecule has 0 fully saturated rings. The molecule has 0 bridgehead atoms. The summed E-state index contributed by atoms with van der Waals surface area (Å²) in [6, 6.07) is 0. The van der Waals surface area contributed by atoms with Crippen LogP contribution in [0.25, 0.3) is 0 Å². The molecule has 1 unspecified atom stereocenters. The van der Waals surface area contributed by atoms with E-state index in [-0.39, 0.29) is 25.6 Å². The van der Waals surface area contributed by atoms with Crippen LogP contribution in [0.1, 0.15) is 213 Å². The molecule has 0 aromatic rings. The van der Waals surface area contributed by atoms with Gasteiger partial charge in [-0.2, -0.15) is 0 Å². The first kappa shape index (κ1) is 48.8. The normalized spacial score (nSPS) is 13.4. The van der Waals surface area contributed by atoms with Gasteiger partial charge in [-0.15, -0.1) is 0 Å². The van der Waals surface area contributed by atoms with Crippen LogP contribution in [-0.4, -0.2) is 42.8 Å². The minimum atomic E-state index is -4.27. The first-order valence-corrected chi connectivity index (χ1v) is 22.5. The van der Waals surface area contributed by atoms with Gasteiger partial charge in [0.25, 0.3) is 0 Å².